The molecule has 2 heterocycles. The van der Waals surface area contributed by atoms with Gasteiger partial charge in [-0.1, -0.05) is 39.5 Å². The smallest absolute Gasteiger partial charge is 0.305 e. The average molecular weight is 619 g/mol. The minimum atomic E-state index is -0.394. The third kappa shape index (κ3) is 9.71. The summed E-state index contributed by atoms with van der Waals surface area (Å²) in [7, 11) is 2.69. The largest absolute Gasteiger partial charge is 0.469 e. The first-order valence-corrected chi connectivity index (χ1v) is 15.3. The number of ether oxygens (including phenoxy) is 2. The number of amides is 2. The Morgan fingerprint density at radius 3 is 1.87 bits per heavy atom. The summed E-state index contributed by atoms with van der Waals surface area (Å²) >= 11 is 0. The number of allylic oxidation sites excluding steroid dienone is 2. The first kappa shape index (κ1) is 36.6. The Bertz CT molecular complexity index is 1520. The van der Waals surface area contributed by atoms with Gasteiger partial charge in [0.05, 0.1) is 37.4 Å². The molecule has 0 bridgehead atoms. The van der Waals surface area contributed by atoms with Crippen molar-refractivity contribution in [2.45, 2.75) is 80.1 Å². The van der Waals surface area contributed by atoms with Crippen molar-refractivity contribution in [1.29, 1.82) is 0 Å². The number of hydrogen-bond acceptors (Lipinski definition) is 7. The molecule has 10 heteroatoms. The first-order valence-electron chi connectivity index (χ1n) is 15.3. The van der Waals surface area contributed by atoms with Crippen LogP contribution in [-0.2, 0) is 35.1 Å². The third-order valence-corrected chi connectivity index (χ3v) is 8.32. The lowest BCUT2D eigenvalue weighted by atomic mass is 9.91. The molecule has 0 radical (unpaired) electrons. The standard InChI is InChI=1S/C35H46N4O6/c1-9-24(34(36)42)20(3)11-15-28-22(5)26(13-17-32(40)44-7)30(38-28)19-31-27(14-18-33(41)45-8)23(6)29(39-31)16-12-21(4)25(10-2)35(37)43/h19-21,24-25,38H,9-10,13-14,17-18H2,1-8H3,(H2,36,42)(H2,37,43)/b31-19-/t20-,21-,24-,25-/m0/s1. The Balaban J connectivity index is 2.67. The van der Waals surface area contributed by atoms with Gasteiger partial charge in [-0.15, -0.1) is 0 Å². The SMILES string of the molecule is CC[C@H](C(N)=O)[C@@H](C)C#CC1=N/C(=C\c2[nH]c(C#C[C@H](C)[C@H](CC)C(N)=O)c(C)c2CCC(=O)OC)C(CCC(=O)OC)=C1C. The van der Waals surface area contributed by atoms with Crippen molar-refractivity contribution in [3.05, 3.63) is 39.4 Å². The Kier molecular flexibility index (Phi) is 13.9. The summed E-state index contributed by atoms with van der Waals surface area (Å²) in [4.78, 5) is 56.1. The van der Waals surface area contributed by atoms with Crippen LogP contribution in [0.25, 0.3) is 6.08 Å². The lowest BCUT2D eigenvalue weighted by Crippen LogP contribution is -2.27. The second kappa shape index (κ2) is 17.1. The van der Waals surface area contributed by atoms with Gasteiger partial charge in [-0.05, 0) is 79.7 Å². The first-order chi connectivity index (χ1) is 21.3. The maximum atomic E-state index is 12.1. The van der Waals surface area contributed by atoms with E-state index in [2.05, 4.69) is 28.7 Å². The number of aliphatic imine (C=N–C) groups is 1. The molecule has 0 fully saturated rings. The zero-order valence-electron chi connectivity index (χ0n) is 27.7. The van der Waals surface area contributed by atoms with Crippen LogP contribution < -0.4 is 11.5 Å². The van der Waals surface area contributed by atoms with Crippen molar-refractivity contribution in [2.75, 3.05) is 14.2 Å². The molecule has 0 aromatic carbocycles. The molecule has 1 aliphatic heterocycles. The van der Waals surface area contributed by atoms with Gasteiger partial charge in [0.25, 0.3) is 0 Å². The van der Waals surface area contributed by atoms with Gasteiger partial charge in [-0.25, -0.2) is 4.99 Å². The molecular weight excluding hydrogens is 572 g/mol. The van der Waals surface area contributed by atoms with Gasteiger partial charge in [0.2, 0.25) is 11.8 Å². The molecule has 10 nitrogen and oxygen atoms in total. The van der Waals surface area contributed by atoms with E-state index in [9.17, 15) is 19.2 Å². The summed E-state index contributed by atoms with van der Waals surface area (Å²) in [6, 6.07) is 0. The average Bonchev–Trinajstić information content (AvgIpc) is 3.46. The number of methoxy groups -OCH3 is 2. The predicted octanol–water partition coefficient (Wildman–Crippen LogP) is 4.14. The van der Waals surface area contributed by atoms with E-state index >= 15 is 0 Å². The van der Waals surface area contributed by atoms with Gasteiger partial charge in [-0.3, -0.25) is 19.2 Å². The van der Waals surface area contributed by atoms with Crippen LogP contribution >= 0.6 is 0 Å². The summed E-state index contributed by atoms with van der Waals surface area (Å²) in [6.45, 7) is 11.3. The molecule has 1 aliphatic rings. The number of nitrogens with zero attached hydrogens (tertiary/aromatic N) is 1. The summed E-state index contributed by atoms with van der Waals surface area (Å²) < 4.78 is 9.74. The van der Waals surface area contributed by atoms with E-state index in [-0.39, 0.29) is 54.4 Å². The number of nitrogens with one attached hydrogen (secondary N) is 1. The zero-order valence-corrected chi connectivity index (χ0v) is 27.7. The van der Waals surface area contributed by atoms with E-state index in [1.165, 1.54) is 14.2 Å². The number of nitrogens with two attached hydrogens (primary N) is 2. The van der Waals surface area contributed by atoms with Crippen molar-refractivity contribution < 1.29 is 28.7 Å². The van der Waals surface area contributed by atoms with Crippen LogP contribution in [0.1, 0.15) is 89.2 Å². The normalized spacial score (nSPS) is 16.0. The van der Waals surface area contributed by atoms with E-state index in [4.69, 9.17) is 25.9 Å². The number of H-pyrrole nitrogens is 1. The van der Waals surface area contributed by atoms with Crippen molar-refractivity contribution in [3.63, 3.8) is 0 Å². The summed E-state index contributed by atoms with van der Waals surface area (Å²) in [5.74, 6) is 9.85. The van der Waals surface area contributed by atoms with Crippen LogP contribution in [0.5, 0.6) is 0 Å². The van der Waals surface area contributed by atoms with E-state index in [1.54, 1.807) is 0 Å². The van der Waals surface area contributed by atoms with Crippen LogP contribution in [0.15, 0.2) is 21.8 Å². The van der Waals surface area contributed by atoms with Crippen LogP contribution in [-0.4, -0.2) is 48.7 Å². The van der Waals surface area contributed by atoms with Gasteiger partial charge >= 0.3 is 11.9 Å². The molecule has 0 spiro atoms. The number of esters is 2. The highest BCUT2D eigenvalue weighted by molar-refractivity contribution is 6.16. The van der Waals surface area contributed by atoms with Crippen LogP contribution in [0.2, 0.25) is 0 Å². The molecule has 0 aliphatic carbocycles. The Morgan fingerprint density at radius 1 is 0.867 bits per heavy atom. The van der Waals surface area contributed by atoms with Crippen LogP contribution in [0.4, 0.5) is 0 Å². The van der Waals surface area contributed by atoms with Gasteiger partial charge in [0, 0.05) is 30.4 Å². The Labute approximate surface area is 266 Å². The topological polar surface area (TPSA) is 167 Å². The summed E-state index contributed by atoms with van der Waals surface area (Å²) in [5, 5.41) is 0. The van der Waals surface area contributed by atoms with Crippen LogP contribution in [0, 0.1) is 54.3 Å². The molecule has 0 saturated heterocycles. The summed E-state index contributed by atoms with van der Waals surface area (Å²) in [6.07, 6.45) is 4.12. The molecule has 242 valence electrons. The minimum absolute atomic E-state index is 0.152. The van der Waals surface area contributed by atoms with E-state index in [0.717, 1.165) is 22.3 Å². The molecule has 1 aromatic heterocycles. The lowest BCUT2D eigenvalue weighted by molar-refractivity contribution is -0.141. The molecular formula is C35H46N4O6. The van der Waals surface area contributed by atoms with Gasteiger partial charge < -0.3 is 25.9 Å². The van der Waals surface area contributed by atoms with Crippen LogP contribution in [0.3, 0.4) is 0 Å². The minimum Gasteiger partial charge on any atom is -0.469 e. The number of aromatic amines is 1. The van der Waals surface area contributed by atoms with Crippen molar-refractivity contribution in [1.82, 2.24) is 4.98 Å². The molecule has 2 amide bonds. The molecule has 5 N–H and O–H groups in total. The van der Waals surface area contributed by atoms with Crippen molar-refractivity contribution in [2.24, 2.45) is 40.1 Å². The second-order valence-corrected chi connectivity index (χ2v) is 11.2. The van der Waals surface area contributed by atoms with Gasteiger partial charge in [0.15, 0.2) is 0 Å². The number of carbonyl (C=O) groups excluding carboxylic acids is 4. The number of carbonyl (C=O) groups is 4. The maximum absolute atomic E-state index is 12.1. The fourth-order valence-electron chi connectivity index (χ4n) is 5.36. The highest BCUT2D eigenvalue weighted by Gasteiger charge is 2.24. The quantitative estimate of drug-likeness (QED) is 0.222. The fraction of sp³-hybridized carbons (Fsp3) is 0.514. The van der Waals surface area contributed by atoms with Gasteiger partial charge in [-0.2, -0.15) is 0 Å². The van der Waals surface area contributed by atoms with Crippen molar-refractivity contribution in [3.8, 4) is 23.7 Å². The molecule has 0 saturated carbocycles. The van der Waals surface area contributed by atoms with E-state index < -0.39 is 5.91 Å². The highest BCUT2D eigenvalue weighted by Crippen LogP contribution is 2.33. The fourth-order valence-corrected chi connectivity index (χ4v) is 5.36. The Hall–Kier alpha value is -4.57. The number of primary amides is 2. The molecule has 1 aromatic rings. The third-order valence-electron chi connectivity index (χ3n) is 8.32. The molecule has 45 heavy (non-hydrogen) atoms. The number of aromatic nitrogens is 1. The zero-order chi connectivity index (χ0) is 33.8. The highest BCUT2D eigenvalue weighted by atomic mass is 16.5. The predicted molar refractivity (Wildman–Crippen MR) is 174 cm³/mol. The summed E-state index contributed by atoms with van der Waals surface area (Å²) in [5.41, 5.74) is 17.0. The monoisotopic (exact) mass is 618 g/mol. The number of rotatable bonds is 13. The van der Waals surface area contributed by atoms with E-state index in [1.807, 2.05) is 47.6 Å². The maximum Gasteiger partial charge on any atom is 0.305 e. The second-order valence-electron chi connectivity index (χ2n) is 11.2. The molecule has 0 unspecified atom stereocenters. The van der Waals surface area contributed by atoms with Crippen molar-refractivity contribution >= 4 is 35.5 Å². The lowest BCUT2D eigenvalue weighted by Gasteiger charge is -2.13. The Morgan fingerprint density at radius 2 is 1.38 bits per heavy atom. The van der Waals surface area contributed by atoms with E-state index in [0.29, 0.717) is 48.5 Å². The van der Waals surface area contributed by atoms with Gasteiger partial charge in [0.1, 0.15) is 5.71 Å². The molecule has 4 atom stereocenters. The number of hydrogen-bond donors (Lipinski definition) is 3. The molecule has 2 rings (SSSR count).